The quantitative estimate of drug-likeness (QED) is 0.544. The molecule has 1 heterocycles. The summed E-state index contributed by atoms with van der Waals surface area (Å²) in [6.45, 7) is 5.80. The zero-order chi connectivity index (χ0) is 17.5. The average Bonchev–Trinajstić information content (AvgIpc) is 3.05. The van der Waals surface area contributed by atoms with Crippen LogP contribution in [0, 0.1) is 0 Å². The lowest BCUT2D eigenvalue weighted by atomic mass is 10.2. The summed E-state index contributed by atoms with van der Waals surface area (Å²) < 4.78 is 11.5. The standard InChI is InChI=1S/C17H27BrN4O2/c1-4-22-7-5-6-13(22)11-21-17(19)20-10-12-8-14(18)16(24-3)15(9-12)23-2/h8-9,13H,4-7,10-11H2,1-3H3,(H3,19,20,21). The number of aliphatic imine (C=N–C) groups is 1. The highest BCUT2D eigenvalue weighted by Gasteiger charge is 2.22. The Labute approximate surface area is 152 Å². The van der Waals surface area contributed by atoms with Crippen LogP contribution in [-0.4, -0.2) is 50.8 Å². The van der Waals surface area contributed by atoms with Crippen LogP contribution in [0.5, 0.6) is 11.5 Å². The van der Waals surface area contributed by atoms with Crippen molar-refractivity contribution in [3.05, 3.63) is 22.2 Å². The number of guanidine groups is 1. The van der Waals surface area contributed by atoms with Crippen molar-refractivity contribution >= 4 is 21.9 Å². The van der Waals surface area contributed by atoms with Gasteiger partial charge in [0.25, 0.3) is 0 Å². The Morgan fingerprint density at radius 1 is 1.42 bits per heavy atom. The Kier molecular flexibility index (Phi) is 7.17. The predicted molar refractivity (Wildman–Crippen MR) is 101 cm³/mol. The van der Waals surface area contributed by atoms with Crippen molar-refractivity contribution in [2.24, 2.45) is 10.7 Å². The van der Waals surface area contributed by atoms with Gasteiger partial charge in [-0.1, -0.05) is 6.92 Å². The van der Waals surface area contributed by atoms with Gasteiger partial charge in [-0.25, -0.2) is 4.99 Å². The first-order chi connectivity index (χ1) is 11.6. The summed E-state index contributed by atoms with van der Waals surface area (Å²) in [5.74, 6) is 1.83. The summed E-state index contributed by atoms with van der Waals surface area (Å²) in [7, 11) is 3.24. The molecular formula is C17H27BrN4O2. The first kappa shape index (κ1) is 18.9. The molecular weight excluding hydrogens is 372 g/mol. The van der Waals surface area contributed by atoms with Crippen LogP contribution < -0.4 is 20.5 Å². The molecule has 0 aromatic heterocycles. The molecule has 1 fully saturated rings. The van der Waals surface area contributed by atoms with Crippen LogP contribution in [0.4, 0.5) is 0 Å². The van der Waals surface area contributed by atoms with Gasteiger partial charge >= 0.3 is 0 Å². The molecule has 1 atom stereocenters. The molecule has 0 spiro atoms. The number of halogens is 1. The van der Waals surface area contributed by atoms with Crippen molar-refractivity contribution in [2.75, 3.05) is 33.9 Å². The van der Waals surface area contributed by atoms with E-state index in [9.17, 15) is 0 Å². The van der Waals surface area contributed by atoms with E-state index in [0.29, 0.717) is 30.0 Å². The molecule has 6 nitrogen and oxygen atoms in total. The van der Waals surface area contributed by atoms with Gasteiger partial charge in [-0.15, -0.1) is 0 Å². The van der Waals surface area contributed by atoms with E-state index in [1.54, 1.807) is 14.2 Å². The largest absolute Gasteiger partial charge is 0.493 e. The second-order valence-corrected chi connectivity index (χ2v) is 6.67. The summed E-state index contributed by atoms with van der Waals surface area (Å²) in [4.78, 5) is 6.90. The number of likely N-dealkylation sites (tertiary alicyclic amines) is 1. The van der Waals surface area contributed by atoms with Gasteiger partial charge in [0.05, 0.1) is 25.2 Å². The van der Waals surface area contributed by atoms with Crippen LogP contribution in [0.25, 0.3) is 0 Å². The third-order valence-electron chi connectivity index (χ3n) is 4.35. The SMILES string of the molecule is CCN1CCCC1CNC(N)=NCc1cc(Br)c(OC)c(OC)c1. The van der Waals surface area contributed by atoms with Gasteiger partial charge in [0.2, 0.25) is 0 Å². The third-order valence-corrected chi connectivity index (χ3v) is 4.94. The number of benzene rings is 1. The van der Waals surface area contributed by atoms with Crippen LogP contribution in [0.2, 0.25) is 0 Å². The Bertz CT molecular complexity index is 580. The Morgan fingerprint density at radius 3 is 2.88 bits per heavy atom. The first-order valence-corrected chi connectivity index (χ1v) is 9.06. The van der Waals surface area contributed by atoms with Gasteiger partial charge in [-0.05, 0) is 59.6 Å². The summed E-state index contributed by atoms with van der Waals surface area (Å²) in [6, 6.07) is 4.43. The van der Waals surface area contributed by atoms with Crippen molar-refractivity contribution in [1.82, 2.24) is 10.2 Å². The number of rotatable bonds is 7. The van der Waals surface area contributed by atoms with Crippen molar-refractivity contribution in [3.8, 4) is 11.5 Å². The van der Waals surface area contributed by atoms with Gasteiger partial charge in [-0.3, -0.25) is 4.90 Å². The number of likely N-dealkylation sites (N-methyl/N-ethyl adjacent to an activating group) is 1. The molecule has 1 aliphatic heterocycles. The number of methoxy groups -OCH3 is 2. The van der Waals surface area contributed by atoms with Crippen LogP contribution in [0.1, 0.15) is 25.3 Å². The van der Waals surface area contributed by atoms with Crippen LogP contribution in [0.3, 0.4) is 0 Å². The van der Waals surface area contributed by atoms with Gasteiger partial charge in [0, 0.05) is 12.6 Å². The fraction of sp³-hybridized carbons (Fsp3) is 0.588. The molecule has 0 aliphatic carbocycles. The molecule has 2 rings (SSSR count). The van der Waals surface area contributed by atoms with Gasteiger partial charge < -0.3 is 20.5 Å². The number of nitrogens with two attached hydrogens (primary N) is 1. The van der Waals surface area contributed by atoms with Gasteiger partial charge in [0.1, 0.15) is 0 Å². The van der Waals surface area contributed by atoms with Crippen LogP contribution in [-0.2, 0) is 6.54 Å². The van der Waals surface area contributed by atoms with Crippen molar-refractivity contribution in [3.63, 3.8) is 0 Å². The molecule has 1 aromatic rings. The maximum atomic E-state index is 6.00. The molecule has 1 saturated heterocycles. The molecule has 1 unspecified atom stereocenters. The maximum absolute atomic E-state index is 6.00. The average molecular weight is 399 g/mol. The minimum atomic E-state index is 0.476. The van der Waals surface area contributed by atoms with E-state index in [4.69, 9.17) is 15.2 Å². The zero-order valence-electron chi connectivity index (χ0n) is 14.6. The molecule has 1 aromatic carbocycles. The number of ether oxygens (including phenoxy) is 2. The highest BCUT2D eigenvalue weighted by Crippen LogP contribution is 2.36. The van der Waals surface area contributed by atoms with E-state index in [-0.39, 0.29) is 0 Å². The van der Waals surface area contributed by atoms with E-state index in [0.717, 1.165) is 23.1 Å². The van der Waals surface area contributed by atoms with E-state index in [1.165, 1.54) is 19.4 Å². The molecule has 0 amide bonds. The van der Waals surface area contributed by atoms with Crippen molar-refractivity contribution in [2.45, 2.75) is 32.4 Å². The Hall–Kier alpha value is -1.47. The minimum Gasteiger partial charge on any atom is -0.493 e. The first-order valence-electron chi connectivity index (χ1n) is 8.27. The van der Waals surface area contributed by atoms with E-state index in [1.807, 2.05) is 12.1 Å². The lowest BCUT2D eigenvalue weighted by Gasteiger charge is -2.23. The number of hydrogen-bond donors (Lipinski definition) is 2. The summed E-state index contributed by atoms with van der Waals surface area (Å²) in [5.41, 5.74) is 7.00. The fourth-order valence-electron chi connectivity index (χ4n) is 3.06. The molecule has 1 aliphatic rings. The van der Waals surface area contributed by atoms with Crippen LogP contribution >= 0.6 is 15.9 Å². The topological polar surface area (TPSA) is 72.1 Å². The molecule has 0 saturated carbocycles. The van der Waals surface area contributed by atoms with Gasteiger partial charge in [-0.2, -0.15) is 0 Å². The minimum absolute atomic E-state index is 0.476. The lowest BCUT2D eigenvalue weighted by molar-refractivity contribution is 0.267. The van der Waals surface area contributed by atoms with Crippen molar-refractivity contribution < 1.29 is 9.47 Å². The normalized spacial score (nSPS) is 18.7. The number of hydrogen-bond acceptors (Lipinski definition) is 4. The smallest absolute Gasteiger partial charge is 0.188 e. The van der Waals surface area contributed by atoms with Crippen LogP contribution in [0.15, 0.2) is 21.6 Å². The zero-order valence-corrected chi connectivity index (χ0v) is 16.2. The van der Waals surface area contributed by atoms with E-state index >= 15 is 0 Å². The molecule has 7 heteroatoms. The third kappa shape index (κ3) is 4.77. The maximum Gasteiger partial charge on any atom is 0.188 e. The fourth-order valence-corrected chi connectivity index (χ4v) is 3.71. The Balaban J connectivity index is 1.93. The van der Waals surface area contributed by atoms with Crippen molar-refractivity contribution in [1.29, 1.82) is 0 Å². The monoisotopic (exact) mass is 398 g/mol. The predicted octanol–water partition coefficient (Wildman–Crippen LogP) is 2.35. The molecule has 0 radical (unpaired) electrons. The molecule has 0 bridgehead atoms. The highest BCUT2D eigenvalue weighted by atomic mass is 79.9. The second-order valence-electron chi connectivity index (χ2n) is 5.82. The summed E-state index contributed by atoms with van der Waals surface area (Å²) in [6.07, 6.45) is 2.48. The van der Waals surface area contributed by atoms with E-state index in [2.05, 4.69) is 38.1 Å². The summed E-state index contributed by atoms with van der Waals surface area (Å²) >= 11 is 3.49. The molecule has 3 N–H and O–H groups in total. The van der Waals surface area contributed by atoms with E-state index < -0.39 is 0 Å². The number of nitrogens with one attached hydrogen (secondary N) is 1. The van der Waals surface area contributed by atoms with Gasteiger partial charge in [0.15, 0.2) is 17.5 Å². The second kappa shape index (κ2) is 9.13. The highest BCUT2D eigenvalue weighted by molar-refractivity contribution is 9.10. The lowest BCUT2D eigenvalue weighted by Crippen LogP contribution is -2.42. The Morgan fingerprint density at radius 2 is 2.21 bits per heavy atom. The molecule has 134 valence electrons. The summed E-state index contributed by atoms with van der Waals surface area (Å²) in [5, 5.41) is 3.24. The molecule has 24 heavy (non-hydrogen) atoms. The number of nitrogens with zero attached hydrogens (tertiary/aromatic N) is 2.